The van der Waals surface area contributed by atoms with Crippen LogP contribution in [0.15, 0.2) is 42.5 Å². The molecule has 3 amide bonds. The second-order valence-electron chi connectivity index (χ2n) is 7.26. The Balaban J connectivity index is 1.55. The zero-order valence-electron chi connectivity index (χ0n) is 21.3. The molecule has 6 nitrogen and oxygen atoms in total. The van der Waals surface area contributed by atoms with E-state index in [1.54, 1.807) is 0 Å². The highest BCUT2D eigenvalue weighted by Gasteiger charge is 2.41. The van der Waals surface area contributed by atoms with Crippen LogP contribution in [0.4, 0.5) is 8.78 Å². The van der Waals surface area contributed by atoms with Crippen molar-refractivity contribution >= 4 is 35.1 Å². The first-order valence-corrected chi connectivity index (χ1v) is 9.87. The van der Waals surface area contributed by atoms with Gasteiger partial charge in [-0.1, -0.05) is 35.9 Å². The maximum Gasteiger partial charge on any atom is 0.330 e. The van der Waals surface area contributed by atoms with Crippen molar-refractivity contribution in [1.82, 2.24) is 10.2 Å². The van der Waals surface area contributed by atoms with E-state index in [1.165, 1.54) is 30.3 Å². The smallest absolute Gasteiger partial charge is 0.322 e. The van der Waals surface area contributed by atoms with Crippen LogP contribution in [0.2, 0.25) is 6.43 Å². The zero-order chi connectivity index (χ0) is 27.4. The summed E-state index contributed by atoms with van der Waals surface area (Å²) >= 11 is 5.70. The average molecular weight is 466 g/mol. The van der Waals surface area contributed by atoms with Crippen LogP contribution in [0.1, 0.15) is 51.7 Å². The van der Waals surface area contributed by atoms with Gasteiger partial charge in [-0.3, -0.25) is 24.5 Å². The maximum absolute atomic E-state index is 14.6. The minimum atomic E-state index is -3.85. The number of alkyl halides is 2. The van der Waals surface area contributed by atoms with Crippen molar-refractivity contribution in [3.8, 4) is 0 Å². The molecular formula is C23H19ClF2N2O4. The number of piperidine rings is 1. The molecule has 4 rings (SSSR count). The molecule has 0 radical (unpaired) electrons. The molecule has 3 atom stereocenters. The molecule has 9 heteroatoms. The number of nitrogens with zero attached hydrogens (tertiary/aromatic N) is 1. The van der Waals surface area contributed by atoms with Crippen molar-refractivity contribution in [3.63, 3.8) is 0 Å². The molecule has 3 unspecified atom stereocenters. The van der Waals surface area contributed by atoms with Gasteiger partial charge in [-0.2, -0.15) is 8.78 Å². The Labute approximate surface area is 194 Å². The first kappa shape index (κ1) is 16.5. The van der Waals surface area contributed by atoms with E-state index in [2.05, 4.69) is 0 Å². The van der Waals surface area contributed by atoms with Crippen molar-refractivity contribution in [2.24, 2.45) is 0 Å². The predicted molar refractivity (Wildman–Crippen MR) is 111 cm³/mol. The summed E-state index contributed by atoms with van der Waals surface area (Å²) in [6, 6.07) is 6.48. The molecule has 1 fully saturated rings. The Morgan fingerprint density at radius 3 is 2.69 bits per heavy atom. The minimum absolute atomic E-state index is 0.0485. The van der Waals surface area contributed by atoms with Crippen LogP contribution < -0.4 is 5.31 Å². The number of amides is 3. The largest absolute Gasteiger partial charge is 0.330 e. The molecule has 0 aromatic heterocycles. The van der Waals surface area contributed by atoms with Crippen LogP contribution in [0.3, 0.4) is 0 Å². The highest BCUT2D eigenvalue weighted by atomic mass is 35.5. The molecule has 2 aliphatic heterocycles. The van der Waals surface area contributed by atoms with Crippen molar-refractivity contribution in [2.45, 2.75) is 44.1 Å². The lowest BCUT2D eigenvalue weighted by molar-refractivity contribution is -0.144. The van der Waals surface area contributed by atoms with Gasteiger partial charge in [-0.05, 0) is 42.1 Å². The Morgan fingerprint density at radius 1 is 1.25 bits per heavy atom. The van der Waals surface area contributed by atoms with Crippen LogP contribution in [0, 0.1) is 0 Å². The SMILES string of the molecule is [2H]C(CC(=O)C(F)(F)c1ccc(Cl)cc1)c1ccc2c(c1)CN(C1C(=O)N([2H])C(=O)C([2H])C1([2H])[2H])C2=O. The normalized spacial score (nSPS) is 26.0. The number of Topliss-reactive ketones (excluding diaryl/α,β-unsaturated/α-hetero) is 1. The van der Waals surface area contributed by atoms with E-state index in [4.69, 9.17) is 18.5 Å². The van der Waals surface area contributed by atoms with E-state index in [0.717, 1.165) is 17.0 Å². The molecule has 0 spiro atoms. The van der Waals surface area contributed by atoms with Crippen LogP contribution in [0.25, 0.3) is 0 Å². The molecule has 2 aliphatic rings. The van der Waals surface area contributed by atoms with Gasteiger partial charge in [-0.15, -0.1) is 0 Å². The van der Waals surface area contributed by atoms with Gasteiger partial charge in [0.1, 0.15) is 6.04 Å². The molecule has 0 aliphatic carbocycles. The average Bonchev–Trinajstić information content (AvgIpc) is 3.16. The topological polar surface area (TPSA) is 83.6 Å². The number of carbonyl (C=O) groups is 4. The zero-order valence-corrected chi connectivity index (χ0v) is 17.1. The van der Waals surface area contributed by atoms with E-state index in [9.17, 15) is 28.0 Å². The second kappa shape index (κ2) is 8.43. The molecule has 2 heterocycles. The Morgan fingerprint density at radius 2 is 1.97 bits per heavy atom. The first-order chi connectivity index (χ1) is 17.2. The molecule has 2 aromatic rings. The fourth-order valence-corrected chi connectivity index (χ4v) is 3.63. The number of aryl methyl sites for hydroxylation is 1. The summed E-state index contributed by atoms with van der Waals surface area (Å²) in [4.78, 5) is 50.6. The number of hydrogen-bond donors (Lipinski definition) is 1. The number of ketones is 1. The third kappa shape index (κ3) is 4.14. The van der Waals surface area contributed by atoms with Gasteiger partial charge in [0.05, 0.1) is 0 Å². The summed E-state index contributed by atoms with van der Waals surface area (Å²) in [6.45, 7) is -0.339. The Bertz CT molecular complexity index is 1310. The number of benzene rings is 2. The number of hydrogen-bond acceptors (Lipinski definition) is 4. The van der Waals surface area contributed by atoms with Crippen LogP contribution in [0.5, 0.6) is 0 Å². The van der Waals surface area contributed by atoms with Crippen molar-refractivity contribution in [3.05, 3.63) is 69.7 Å². The predicted octanol–water partition coefficient (Wildman–Crippen LogP) is 3.39. The molecule has 166 valence electrons. The summed E-state index contributed by atoms with van der Waals surface area (Å²) in [7, 11) is 0. The fraction of sp³-hybridized carbons (Fsp3) is 0.304. The van der Waals surface area contributed by atoms with Gasteiger partial charge in [-0.25, -0.2) is 0 Å². The van der Waals surface area contributed by atoms with Crippen LogP contribution in [-0.2, 0) is 33.2 Å². The monoisotopic (exact) mass is 465 g/mol. The number of imide groups is 1. The Hall–Kier alpha value is -3.13. The lowest BCUT2D eigenvalue weighted by atomic mass is 9.97. The van der Waals surface area contributed by atoms with Gasteiger partial charge in [0.15, 0.2) is 1.41 Å². The summed E-state index contributed by atoms with van der Waals surface area (Å²) < 4.78 is 69.1. The highest BCUT2D eigenvalue weighted by Crippen LogP contribution is 2.32. The highest BCUT2D eigenvalue weighted by molar-refractivity contribution is 6.30. The first-order valence-electron chi connectivity index (χ1n) is 12.1. The quantitative estimate of drug-likeness (QED) is 0.663. The van der Waals surface area contributed by atoms with Crippen LogP contribution >= 0.6 is 11.6 Å². The summed E-state index contributed by atoms with van der Waals surface area (Å²) in [5, 5.41) is 0.0906. The summed E-state index contributed by atoms with van der Waals surface area (Å²) in [6.07, 6.45) is -7.14. The van der Waals surface area contributed by atoms with Gasteiger partial charge >= 0.3 is 5.92 Å². The van der Waals surface area contributed by atoms with E-state index in [0.29, 0.717) is 0 Å². The number of fused-ring (bicyclic) bond motifs is 1. The molecule has 0 saturated carbocycles. The van der Waals surface area contributed by atoms with Gasteiger partial charge in [0, 0.05) is 41.0 Å². The molecule has 1 saturated heterocycles. The second-order valence-corrected chi connectivity index (χ2v) is 7.70. The fourth-order valence-electron chi connectivity index (χ4n) is 3.50. The lowest BCUT2D eigenvalue weighted by Gasteiger charge is -2.29. The summed E-state index contributed by atoms with van der Waals surface area (Å²) in [5.74, 6) is -8.78. The number of halogens is 3. The molecule has 1 N–H and O–H groups in total. The van der Waals surface area contributed by atoms with Gasteiger partial charge < -0.3 is 4.90 Å². The van der Waals surface area contributed by atoms with Gasteiger partial charge in [0.25, 0.3) is 5.91 Å². The number of carbonyl (C=O) groups excluding carboxylic acids is 4. The van der Waals surface area contributed by atoms with Crippen molar-refractivity contribution in [2.75, 3.05) is 0 Å². The minimum Gasteiger partial charge on any atom is -0.322 e. The Kier molecular flexibility index (Phi) is 4.34. The van der Waals surface area contributed by atoms with Gasteiger partial charge in [0.2, 0.25) is 17.6 Å². The lowest BCUT2D eigenvalue weighted by Crippen LogP contribution is -2.52. The molecular weight excluding hydrogens is 442 g/mol. The summed E-state index contributed by atoms with van der Waals surface area (Å²) in [5.41, 5.74) is -0.129. The third-order valence-corrected chi connectivity index (χ3v) is 5.42. The maximum atomic E-state index is 14.6. The van der Waals surface area contributed by atoms with Crippen molar-refractivity contribution < 1.29 is 34.9 Å². The van der Waals surface area contributed by atoms with Crippen LogP contribution in [-0.4, -0.2) is 34.4 Å². The van der Waals surface area contributed by atoms with Crippen molar-refractivity contribution in [1.29, 1.82) is 0 Å². The molecule has 32 heavy (non-hydrogen) atoms. The molecule has 2 aromatic carbocycles. The third-order valence-electron chi connectivity index (χ3n) is 5.17. The van der Waals surface area contributed by atoms with E-state index in [-0.39, 0.29) is 33.6 Å². The molecule has 0 bridgehead atoms. The standard InChI is InChI=1S/C23H19ClF2N2O4/c24-16-5-3-15(4-6-16)23(25,26)19(29)9-2-13-1-7-17-14(11-13)12-28(22(17)32)18-8-10-20(30)27-21(18)31/h1,3-7,11,18H,2,8-10,12H2,(H,27,30,31)/i2D,8D2,10D/hD. The number of nitrogens with one attached hydrogen (secondary N) is 1. The van der Waals surface area contributed by atoms with E-state index < -0.39 is 66.6 Å². The van der Waals surface area contributed by atoms with E-state index in [1.807, 2.05) is 0 Å². The van der Waals surface area contributed by atoms with E-state index >= 15 is 0 Å². The number of rotatable bonds is 6.